The van der Waals surface area contributed by atoms with Gasteiger partial charge in [0.15, 0.2) is 4.34 Å². The van der Waals surface area contributed by atoms with E-state index in [1.165, 1.54) is 11.3 Å². The summed E-state index contributed by atoms with van der Waals surface area (Å²) in [6.07, 6.45) is -0.485. The van der Waals surface area contributed by atoms with Crippen LogP contribution in [0.5, 0.6) is 0 Å². The molecule has 1 heterocycles. The molecule has 2 rings (SSSR count). The molecule has 25 heavy (non-hydrogen) atoms. The molecule has 0 aliphatic rings. The van der Waals surface area contributed by atoms with E-state index in [1.807, 2.05) is 13.8 Å². The number of thioether (sulfide) groups is 1. The molecule has 2 aromatic rings. The summed E-state index contributed by atoms with van der Waals surface area (Å²) in [6, 6.07) is 5.19. The first kappa shape index (κ1) is 19.2. The Hall–Kier alpha value is -2.13. The molecule has 0 fully saturated rings. The van der Waals surface area contributed by atoms with Gasteiger partial charge >= 0.3 is 11.9 Å². The highest BCUT2D eigenvalue weighted by atomic mass is 32.2. The number of benzene rings is 1. The van der Waals surface area contributed by atoms with E-state index in [1.54, 1.807) is 23.1 Å². The third kappa shape index (κ3) is 4.70. The Morgan fingerprint density at radius 3 is 2.48 bits per heavy atom. The summed E-state index contributed by atoms with van der Waals surface area (Å²) in [5.41, 5.74) is 1.13. The number of carbonyl (C=O) groups is 3. The van der Waals surface area contributed by atoms with E-state index in [0.29, 0.717) is 28.5 Å². The van der Waals surface area contributed by atoms with Crippen molar-refractivity contribution in [3.8, 4) is 0 Å². The van der Waals surface area contributed by atoms with E-state index in [4.69, 9.17) is 10.2 Å². The number of carbonyl (C=O) groups excluding carboxylic acids is 1. The Bertz CT molecular complexity index is 801. The molecule has 0 bridgehead atoms. The van der Waals surface area contributed by atoms with Gasteiger partial charge in [-0.25, -0.2) is 4.98 Å². The number of nitrogens with zero attached hydrogens (tertiary/aromatic N) is 2. The number of hydrogen-bond acceptors (Lipinski definition) is 6. The van der Waals surface area contributed by atoms with Crippen molar-refractivity contribution in [1.29, 1.82) is 0 Å². The zero-order valence-electron chi connectivity index (χ0n) is 13.8. The van der Waals surface area contributed by atoms with Gasteiger partial charge in [0.05, 0.1) is 16.6 Å². The second-order valence-corrected chi connectivity index (χ2v) is 7.66. The third-order valence-electron chi connectivity index (χ3n) is 3.54. The molecular formula is C16H18N2O5S2. The molecule has 7 nitrogen and oxygen atoms in total. The van der Waals surface area contributed by atoms with Crippen molar-refractivity contribution in [2.24, 2.45) is 0 Å². The van der Waals surface area contributed by atoms with Crippen LogP contribution >= 0.6 is 23.1 Å². The van der Waals surface area contributed by atoms with Crippen LogP contribution in [0.25, 0.3) is 10.2 Å². The Labute approximate surface area is 152 Å². The highest BCUT2D eigenvalue weighted by Gasteiger charge is 2.24. The molecule has 1 aromatic heterocycles. The minimum absolute atomic E-state index is 0.0802. The lowest BCUT2D eigenvalue weighted by molar-refractivity contribution is -0.142. The quantitative estimate of drug-likeness (QED) is 0.676. The number of amides is 1. The van der Waals surface area contributed by atoms with Gasteiger partial charge in [0.25, 0.3) is 5.91 Å². The summed E-state index contributed by atoms with van der Waals surface area (Å²) in [6.45, 7) is 5.04. The van der Waals surface area contributed by atoms with Gasteiger partial charge in [-0.1, -0.05) is 11.8 Å². The molecule has 1 unspecified atom stereocenters. The van der Waals surface area contributed by atoms with Gasteiger partial charge in [-0.05, 0) is 32.0 Å². The highest BCUT2D eigenvalue weighted by Crippen LogP contribution is 2.33. The molecule has 1 atom stereocenters. The van der Waals surface area contributed by atoms with Crippen molar-refractivity contribution in [2.75, 3.05) is 13.1 Å². The topological polar surface area (TPSA) is 108 Å². The van der Waals surface area contributed by atoms with Crippen molar-refractivity contribution in [2.45, 2.75) is 29.9 Å². The third-order valence-corrected chi connectivity index (χ3v) is 5.86. The molecular weight excluding hydrogens is 364 g/mol. The van der Waals surface area contributed by atoms with Gasteiger partial charge in [-0.3, -0.25) is 14.4 Å². The largest absolute Gasteiger partial charge is 0.481 e. The van der Waals surface area contributed by atoms with E-state index >= 15 is 0 Å². The fourth-order valence-electron chi connectivity index (χ4n) is 2.24. The first-order valence-electron chi connectivity index (χ1n) is 7.66. The summed E-state index contributed by atoms with van der Waals surface area (Å²) >= 11 is 2.19. The number of carboxylic acid groups (broad SMARTS) is 2. The number of thiazole rings is 1. The van der Waals surface area contributed by atoms with Gasteiger partial charge in [-0.2, -0.15) is 0 Å². The maximum absolute atomic E-state index is 12.4. The lowest BCUT2D eigenvalue weighted by atomic mass is 10.2. The molecule has 0 saturated carbocycles. The molecule has 0 aliphatic heterocycles. The van der Waals surface area contributed by atoms with Gasteiger partial charge in [0.1, 0.15) is 5.25 Å². The minimum Gasteiger partial charge on any atom is -0.481 e. The van der Waals surface area contributed by atoms with Crippen LogP contribution in [0.4, 0.5) is 0 Å². The number of fused-ring (bicyclic) bond motifs is 1. The lowest BCUT2D eigenvalue weighted by Gasteiger charge is -2.18. The number of aliphatic carboxylic acids is 2. The van der Waals surface area contributed by atoms with E-state index in [2.05, 4.69) is 4.98 Å². The molecule has 0 saturated heterocycles. The lowest BCUT2D eigenvalue weighted by Crippen LogP contribution is -2.30. The van der Waals surface area contributed by atoms with Crippen LogP contribution in [0.2, 0.25) is 0 Å². The fourth-order valence-corrected chi connectivity index (χ4v) is 4.45. The predicted molar refractivity (Wildman–Crippen MR) is 96.4 cm³/mol. The molecule has 0 radical (unpaired) electrons. The average molecular weight is 382 g/mol. The van der Waals surface area contributed by atoms with Gasteiger partial charge in [0, 0.05) is 18.7 Å². The SMILES string of the molecule is CCN(CC)C(=O)c1ccc2sc(SC(CC(=O)O)C(=O)O)nc2c1. The second-order valence-electron chi connectivity index (χ2n) is 5.18. The molecule has 2 N–H and O–H groups in total. The molecule has 1 aromatic carbocycles. The van der Waals surface area contributed by atoms with Gasteiger partial charge < -0.3 is 15.1 Å². The zero-order chi connectivity index (χ0) is 18.6. The van der Waals surface area contributed by atoms with Crippen molar-refractivity contribution in [3.05, 3.63) is 23.8 Å². The van der Waals surface area contributed by atoms with Crippen LogP contribution < -0.4 is 0 Å². The van der Waals surface area contributed by atoms with Crippen LogP contribution in [0.1, 0.15) is 30.6 Å². The summed E-state index contributed by atoms with van der Waals surface area (Å²) in [7, 11) is 0. The monoisotopic (exact) mass is 382 g/mol. The normalized spacial score (nSPS) is 12.1. The van der Waals surface area contributed by atoms with Crippen molar-refractivity contribution >= 4 is 51.2 Å². The number of hydrogen-bond donors (Lipinski definition) is 2. The van der Waals surface area contributed by atoms with Crippen molar-refractivity contribution in [3.63, 3.8) is 0 Å². The summed E-state index contributed by atoms with van der Waals surface area (Å²) < 4.78 is 1.29. The van der Waals surface area contributed by atoms with Crippen LogP contribution in [0, 0.1) is 0 Å². The number of carboxylic acids is 2. The Kier molecular flexibility index (Phi) is 6.38. The average Bonchev–Trinajstić information content (AvgIpc) is 2.96. The number of rotatable bonds is 8. The second kappa shape index (κ2) is 8.30. The summed E-state index contributed by atoms with van der Waals surface area (Å²) in [5, 5.41) is 16.8. The Morgan fingerprint density at radius 1 is 1.24 bits per heavy atom. The summed E-state index contributed by atoms with van der Waals surface area (Å²) in [4.78, 5) is 40.4. The minimum atomic E-state index is -1.19. The van der Waals surface area contributed by atoms with E-state index < -0.39 is 23.6 Å². The molecule has 0 aliphatic carbocycles. The molecule has 1 amide bonds. The predicted octanol–water partition coefficient (Wildman–Crippen LogP) is 2.80. The maximum atomic E-state index is 12.4. The van der Waals surface area contributed by atoms with Crippen molar-refractivity contribution in [1.82, 2.24) is 9.88 Å². The summed E-state index contributed by atoms with van der Waals surface area (Å²) in [5.74, 6) is -2.44. The van der Waals surface area contributed by atoms with Crippen LogP contribution in [-0.2, 0) is 9.59 Å². The molecule has 0 spiro atoms. The number of aromatic nitrogens is 1. The molecule has 9 heteroatoms. The molecule has 134 valence electrons. The zero-order valence-corrected chi connectivity index (χ0v) is 15.4. The van der Waals surface area contributed by atoms with Gasteiger partial charge in [0.2, 0.25) is 0 Å². The van der Waals surface area contributed by atoms with Crippen LogP contribution in [-0.4, -0.2) is 56.3 Å². The Balaban J connectivity index is 2.26. The van der Waals surface area contributed by atoms with E-state index in [-0.39, 0.29) is 5.91 Å². The van der Waals surface area contributed by atoms with Crippen LogP contribution in [0.15, 0.2) is 22.5 Å². The standard InChI is InChI=1S/C16H18N2O5S2/c1-3-18(4-2)14(21)9-5-6-11-10(7-9)17-16(24-11)25-12(15(22)23)8-13(19)20/h5-7,12H,3-4,8H2,1-2H3,(H,19,20)(H,22,23). The van der Waals surface area contributed by atoms with Gasteiger partial charge in [-0.15, -0.1) is 11.3 Å². The fraction of sp³-hybridized carbons (Fsp3) is 0.375. The van der Waals surface area contributed by atoms with Crippen molar-refractivity contribution < 1.29 is 24.6 Å². The smallest absolute Gasteiger partial charge is 0.317 e. The Morgan fingerprint density at radius 2 is 1.92 bits per heavy atom. The van der Waals surface area contributed by atoms with E-state index in [0.717, 1.165) is 16.5 Å². The van der Waals surface area contributed by atoms with E-state index in [9.17, 15) is 14.4 Å². The first-order valence-corrected chi connectivity index (χ1v) is 9.36. The maximum Gasteiger partial charge on any atom is 0.317 e. The first-order chi connectivity index (χ1) is 11.8. The van der Waals surface area contributed by atoms with Crippen LogP contribution in [0.3, 0.4) is 0 Å². The highest BCUT2D eigenvalue weighted by molar-refractivity contribution is 8.02.